The predicted molar refractivity (Wildman–Crippen MR) is 75.9 cm³/mol. The van der Waals surface area contributed by atoms with Gasteiger partial charge in [0.15, 0.2) is 0 Å². The van der Waals surface area contributed by atoms with E-state index in [2.05, 4.69) is 28.1 Å². The van der Waals surface area contributed by atoms with Crippen LogP contribution >= 0.6 is 27.5 Å². The zero-order chi connectivity index (χ0) is 12.3. The fourth-order valence-corrected chi connectivity index (χ4v) is 3.50. The minimum absolute atomic E-state index is 0.125. The van der Waals surface area contributed by atoms with Crippen molar-refractivity contribution in [3.8, 4) is 5.75 Å². The Labute approximate surface area is 117 Å². The van der Waals surface area contributed by atoms with Crippen molar-refractivity contribution in [3.05, 3.63) is 28.2 Å². The van der Waals surface area contributed by atoms with Gasteiger partial charge in [-0.3, -0.25) is 0 Å². The van der Waals surface area contributed by atoms with E-state index < -0.39 is 0 Å². The third kappa shape index (κ3) is 3.38. The maximum atomic E-state index is 6.49. The molecule has 3 heteroatoms. The fraction of sp³-hybridized carbons (Fsp3) is 0.571. The zero-order valence-corrected chi connectivity index (χ0v) is 12.4. The van der Waals surface area contributed by atoms with E-state index in [1.165, 1.54) is 31.2 Å². The van der Waals surface area contributed by atoms with Gasteiger partial charge in [-0.05, 0) is 46.0 Å². The van der Waals surface area contributed by atoms with Crippen LogP contribution < -0.4 is 4.74 Å². The van der Waals surface area contributed by atoms with Gasteiger partial charge in [0, 0.05) is 0 Å². The fourth-order valence-electron chi connectivity index (χ4n) is 2.55. The summed E-state index contributed by atoms with van der Waals surface area (Å²) in [5.41, 5.74) is 1.19. The van der Waals surface area contributed by atoms with Gasteiger partial charge in [-0.15, -0.1) is 11.6 Å². The summed E-state index contributed by atoms with van der Waals surface area (Å²) in [5, 5.41) is 0.125. The van der Waals surface area contributed by atoms with Crippen molar-refractivity contribution in [3.63, 3.8) is 0 Å². The summed E-state index contributed by atoms with van der Waals surface area (Å²) in [6.45, 7) is 0. The number of hydrogen-bond acceptors (Lipinski definition) is 1. The quantitative estimate of drug-likeness (QED) is 0.683. The molecule has 0 radical (unpaired) electrons. The average Bonchev–Trinajstić information content (AvgIpc) is 2.81. The average molecular weight is 318 g/mol. The number of rotatable bonds is 4. The Hall–Kier alpha value is -0.210. The first-order valence-electron chi connectivity index (χ1n) is 6.18. The first-order valence-corrected chi connectivity index (χ1v) is 7.41. The largest absolute Gasteiger partial charge is 0.496 e. The van der Waals surface area contributed by atoms with Gasteiger partial charge in [-0.1, -0.05) is 31.7 Å². The summed E-state index contributed by atoms with van der Waals surface area (Å²) in [7, 11) is 1.68. The highest BCUT2D eigenvalue weighted by molar-refractivity contribution is 9.10. The maximum absolute atomic E-state index is 6.49. The molecule has 1 nitrogen and oxygen atoms in total. The van der Waals surface area contributed by atoms with Crippen molar-refractivity contribution in [1.29, 1.82) is 0 Å². The number of benzene rings is 1. The minimum Gasteiger partial charge on any atom is -0.496 e. The topological polar surface area (TPSA) is 9.23 Å². The van der Waals surface area contributed by atoms with Crippen molar-refractivity contribution in [1.82, 2.24) is 0 Å². The molecular formula is C14H18BrClO. The predicted octanol–water partition coefficient (Wildman–Crippen LogP) is 5.32. The molecule has 0 amide bonds. The Morgan fingerprint density at radius 1 is 1.41 bits per heavy atom. The lowest BCUT2D eigenvalue weighted by Crippen LogP contribution is -2.00. The summed E-state index contributed by atoms with van der Waals surface area (Å²) < 4.78 is 6.20. The number of alkyl halides is 1. The van der Waals surface area contributed by atoms with Crippen LogP contribution in [0.4, 0.5) is 0 Å². The molecule has 1 saturated carbocycles. The molecule has 0 aromatic heterocycles. The van der Waals surface area contributed by atoms with Gasteiger partial charge < -0.3 is 4.74 Å². The Balaban J connectivity index is 2.02. The van der Waals surface area contributed by atoms with Crippen molar-refractivity contribution < 1.29 is 4.74 Å². The molecule has 0 aliphatic heterocycles. The van der Waals surface area contributed by atoms with Crippen LogP contribution in [0, 0.1) is 5.92 Å². The van der Waals surface area contributed by atoms with E-state index in [9.17, 15) is 0 Å². The van der Waals surface area contributed by atoms with Crippen LogP contribution in [0.2, 0.25) is 0 Å². The smallest absolute Gasteiger partial charge is 0.133 e. The lowest BCUT2D eigenvalue weighted by molar-refractivity contribution is 0.411. The normalized spacial score (nSPS) is 18.3. The Kier molecular flexibility index (Phi) is 4.75. The molecule has 0 heterocycles. The zero-order valence-electron chi connectivity index (χ0n) is 10.1. The number of halogens is 2. The van der Waals surface area contributed by atoms with Gasteiger partial charge in [-0.25, -0.2) is 0 Å². The van der Waals surface area contributed by atoms with Crippen LogP contribution in [-0.4, -0.2) is 7.11 Å². The molecule has 0 bridgehead atoms. The molecule has 2 rings (SSSR count). The molecule has 17 heavy (non-hydrogen) atoms. The standard InChI is InChI=1S/C14H18BrClO/c1-17-14-7-6-11(9-12(14)15)13(16)8-10-4-2-3-5-10/h6-7,9-10,13H,2-5,8H2,1H3. The third-order valence-electron chi connectivity index (χ3n) is 3.55. The van der Waals surface area contributed by atoms with E-state index >= 15 is 0 Å². The second-order valence-electron chi connectivity index (χ2n) is 4.75. The Bertz CT molecular complexity index is 374. The highest BCUT2D eigenvalue weighted by Crippen LogP contribution is 2.38. The van der Waals surface area contributed by atoms with Gasteiger partial charge in [-0.2, -0.15) is 0 Å². The van der Waals surface area contributed by atoms with E-state index in [-0.39, 0.29) is 5.38 Å². The Morgan fingerprint density at radius 2 is 2.12 bits per heavy atom. The summed E-state index contributed by atoms with van der Waals surface area (Å²) >= 11 is 10.00. The lowest BCUT2D eigenvalue weighted by Gasteiger charge is -2.15. The second-order valence-corrected chi connectivity index (χ2v) is 6.13. The molecule has 0 spiro atoms. The first-order chi connectivity index (χ1) is 8.20. The maximum Gasteiger partial charge on any atom is 0.133 e. The van der Waals surface area contributed by atoms with Crippen molar-refractivity contribution in [2.24, 2.45) is 5.92 Å². The van der Waals surface area contributed by atoms with Gasteiger partial charge >= 0.3 is 0 Å². The number of ether oxygens (including phenoxy) is 1. The van der Waals surface area contributed by atoms with Gasteiger partial charge in [0.1, 0.15) is 5.75 Å². The van der Waals surface area contributed by atoms with Crippen molar-refractivity contribution in [2.75, 3.05) is 7.11 Å². The number of hydrogen-bond donors (Lipinski definition) is 0. The van der Waals surface area contributed by atoms with Crippen LogP contribution in [0.15, 0.2) is 22.7 Å². The van der Waals surface area contributed by atoms with Gasteiger partial charge in [0.2, 0.25) is 0 Å². The molecule has 1 aliphatic carbocycles. The van der Waals surface area contributed by atoms with E-state index in [4.69, 9.17) is 16.3 Å². The molecule has 1 fully saturated rings. The van der Waals surface area contributed by atoms with Crippen molar-refractivity contribution >= 4 is 27.5 Å². The molecule has 1 aromatic carbocycles. The SMILES string of the molecule is COc1ccc(C(Cl)CC2CCCC2)cc1Br. The minimum atomic E-state index is 0.125. The summed E-state index contributed by atoms with van der Waals surface area (Å²) in [5.74, 6) is 1.68. The third-order valence-corrected chi connectivity index (χ3v) is 4.60. The number of methoxy groups -OCH3 is 1. The molecule has 1 atom stereocenters. The highest BCUT2D eigenvalue weighted by Gasteiger charge is 2.20. The van der Waals surface area contributed by atoms with Crippen LogP contribution in [0.25, 0.3) is 0 Å². The molecule has 0 saturated heterocycles. The van der Waals surface area contributed by atoms with E-state index in [0.29, 0.717) is 0 Å². The second kappa shape index (κ2) is 6.10. The van der Waals surface area contributed by atoms with Crippen molar-refractivity contribution in [2.45, 2.75) is 37.5 Å². The van der Waals surface area contributed by atoms with E-state index in [0.717, 1.165) is 22.6 Å². The van der Waals surface area contributed by atoms with Gasteiger partial charge in [0.25, 0.3) is 0 Å². The molecule has 1 unspecified atom stereocenters. The molecule has 94 valence electrons. The van der Waals surface area contributed by atoms with E-state index in [1.54, 1.807) is 7.11 Å². The van der Waals surface area contributed by atoms with Gasteiger partial charge in [0.05, 0.1) is 17.0 Å². The summed E-state index contributed by atoms with van der Waals surface area (Å²) in [6, 6.07) is 6.12. The lowest BCUT2D eigenvalue weighted by atomic mass is 9.98. The van der Waals surface area contributed by atoms with Crippen LogP contribution in [0.3, 0.4) is 0 Å². The monoisotopic (exact) mass is 316 g/mol. The van der Waals surface area contributed by atoms with Crippen LogP contribution in [0.5, 0.6) is 5.75 Å². The molecule has 0 N–H and O–H groups in total. The van der Waals surface area contributed by atoms with Crippen LogP contribution in [-0.2, 0) is 0 Å². The molecular weight excluding hydrogens is 300 g/mol. The molecule has 1 aliphatic rings. The van der Waals surface area contributed by atoms with Crippen LogP contribution in [0.1, 0.15) is 43.0 Å². The first kappa shape index (κ1) is 13.2. The summed E-state index contributed by atoms with van der Waals surface area (Å²) in [6.07, 6.45) is 6.54. The highest BCUT2D eigenvalue weighted by atomic mass is 79.9. The molecule has 1 aromatic rings. The Morgan fingerprint density at radius 3 is 2.71 bits per heavy atom. The van der Waals surface area contributed by atoms with E-state index in [1.807, 2.05) is 6.07 Å². The summed E-state index contributed by atoms with van der Waals surface area (Å²) in [4.78, 5) is 0.